The summed E-state index contributed by atoms with van der Waals surface area (Å²) in [5, 5.41) is 10.1. The zero-order valence-electron chi connectivity index (χ0n) is 9.80. The maximum atomic E-state index is 12.2. The number of nitrogens with zero attached hydrogens (tertiary/aromatic N) is 2. The number of thiophene rings is 1. The maximum absolute atomic E-state index is 12.2. The first-order valence-corrected chi connectivity index (χ1v) is 6.19. The zero-order valence-corrected chi connectivity index (χ0v) is 10.6. The van der Waals surface area contributed by atoms with Crippen molar-refractivity contribution in [3.05, 3.63) is 27.1 Å². The molecule has 2 rings (SSSR count). The first-order chi connectivity index (χ1) is 8.04. The van der Waals surface area contributed by atoms with Crippen molar-refractivity contribution in [1.82, 2.24) is 9.55 Å². The molecule has 0 radical (unpaired) electrons. The monoisotopic (exact) mass is 253 g/mol. The van der Waals surface area contributed by atoms with E-state index in [1.807, 2.05) is 13.8 Å². The van der Waals surface area contributed by atoms with Crippen LogP contribution < -0.4 is 11.3 Å². The number of aliphatic hydroxyl groups excluding tert-OH is 1. The van der Waals surface area contributed by atoms with Crippen LogP contribution in [0.1, 0.15) is 10.4 Å². The number of hydrogen-bond acceptors (Lipinski definition) is 5. The van der Waals surface area contributed by atoms with Crippen molar-refractivity contribution in [3.8, 4) is 0 Å². The predicted molar refractivity (Wildman–Crippen MR) is 68.4 cm³/mol. The van der Waals surface area contributed by atoms with Crippen molar-refractivity contribution in [1.29, 1.82) is 0 Å². The third-order valence-electron chi connectivity index (χ3n) is 2.84. The summed E-state index contributed by atoms with van der Waals surface area (Å²) in [6, 6.07) is 0. The molecule has 2 aromatic rings. The van der Waals surface area contributed by atoms with E-state index in [2.05, 4.69) is 4.98 Å². The summed E-state index contributed by atoms with van der Waals surface area (Å²) in [6.45, 7) is 4.21. The molecule has 0 saturated carbocycles. The number of rotatable bonds is 3. The summed E-state index contributed by atoms with van der Waals surface area (Å²) in [7, 11) is 0. The Morgan fingerprint density at radius 3 is 2.94 bits per heavy atom. The number of nitrogens with two attached hydrogens (primary N) is 1. The highest BCUT2D eigenvalue weighted by molar-refractivity contribution is 7.18. The Bertz CT molecular complexity index is 603. The molecule has 1 atom stereocenters. The van der Waals surface area contributed by atoms with E-state index < -0.39 is 6.10 Å². The summed E-state index contributed by atoms with van der Waals surface area (Å²) in [6.07, 6.45) is 0.755. The van der Waals surface area contributed by atoms with Crippen LogP contribution in [0.15, 0.2) is 11.1 Å². The van der Waals surface area contributed by atoms with Gasteiger partial charge in [0.05, 0.1) is 24.4 Å². The van der Waals surface area contributed by atoms with Gasteiger partial charge in [-0.05, 0) is 19.4 Å². The highest BCUT2D eigenvalue weighted by Crippen LogP contribution is 2.25. The van der Waals surface area contributed by atoms with Crippen LogP contribution in [0.4, 0.5) is 0 Å². The van der Waals surface area contributed by atoms with Crippen LogP contribution in [0.3, 0.4) is 0 Å². The van der Waals surface area contributed by atoms with Gasteiger partial charge in [0.15, 0.2) is 0 Å². The average molecular weight is 253 g/mol. The van der Waals surface area contributed by atoms with Crippen molar-refractivity contribution < 1.29 is 5.11 Å². The fourth-order valence-corrected chi connectivity index (χ4v) is 2.69. The van der Waals surface area contributed by atoms with Gasteiger partial charge in [0.2, 0.25) is 0 Å². The van der Waals surface area contributed by atoms with Gasteiger partial charge >= 0.3 is 0 Å². The van der Waals surface area contributed by atoms with Crippen molar-refractivity contribution in [2.24, 2.45) is 5.73 Å². The van der Waals surface area contributed by atoms with E-state index in [0.29, 0.717) is 5.39 Å². The lowest BCUT2D eigenvalue weighted by molar-refractivity contribution is 0.160. The summed E-state index contributed by atoms with van der Waals surface area (Å²) >= 11 is 1.51. The van der Waals surface area contributed by atoms with Gasteiger partial charge in [-0.3, -0.25) is 9.36 Å². The van der Waals surface area contributed by atoms with Gasteiger partial charge in [0, 0.05) is 11.4 Å². The molecule has 2 aromatic heterocycles. The Labute approximate surface area is 103 Å². The fourth-order valence-electron chi connectivity index (χ4n) is 1.70. The minimum atomic E-state index is -0.716. The first kappa shape index (κ1) is 12.2. The first-order valence-electron chi connectivity index (χ1n) is 5.38. The van der Waals surface area contributed by atoms with Gasteiger partial charge in [-0.25, -0.2) is 4.98 Å². The lowest BCUT2D eigenvalue weighted by Gasteiger charge is -2.09. The Morgan fingerprint density at radius 2 is 2.29 bits per heavy atom. The molecule has 0 spiro atoms. The van der Waals surface area contributed by atoms with Crippen LogP contribution in [0, 0.1) is 13.8 Å². The lowest BCUT2D eigenvalue weighted by Crippen LogP contribution is -2.31. The largest absolute Gasteiger partial charge is 0.390 e. The molecule has 0 aromatic carbocycles. The average Bonchev–Trinajstić information content (AvgIpc) is 2.59. The molecule has 0 fully saturated rings. The maximum Gasteiger partial charge on any atom is 0.262 e. The topological polar surface area (TPSA) is 81.1 Å². The SMILES string of the molecule is Cc1sc2ncn(C[C@H](O)CN)c(=O)c2c1C. The Morgan fingerprint density at radius 1 is 1.59 bits per heavy atom. The van der Waals surface area contributed by atoms with Crippen molar-refractivity contribution in [2.45, 2.75) is 26.5 Å². The standard InChI is InChI=1S/C11H15N3O2S/c1-6-7(2)17-10-9(6)11(16)14(5-13-10)4-8(15)3-12/h5,8,15H,3-4,12H2,1-2H3/t8-/m1/s1. The van der Waals surface area contributed by atoms with E-state index in [4.69, 9.17) is 5.73 Å². The number of hydrogen-bond donors (Lipinski definition) is 2. The highest BCUT2D eigenvalue weighted by atomic mass is 32.1. The molecule has 0 aliphatic heterocycles. The summed E-state index contributed by atoms with van der Waals surface area (Å²) < 4.78 is 1.42. The van der Waals surface area contributed by atoms with E-state index in [0.717, 1.165) is 15.3 Å². The molecule has 2 heterocycles. The van der Waals surface area contributed by atoms with Gasteiger partial charge < -0.3 is 10.8 Å². The van der Waals surface area contributed by atoms with E-state index in [1.54, 1.807) is 0 Å². The third-order valence-corrected chi connectivity index (χ3v) is 3.95. The van der Waals surface area contributed by atoms with Gasteiger partial charge in [0.25, 0.3) is 5.56 Å². The molecular weight excluding hydrogens is 238 g/mol. The Hall–Kier alpha value is -1.24. The molecule has 3 N–H and O–H groups in total. The number of aliphatic hydroxyl groups is 1. The molecule has 0 amide bonds. The van der Waals surface area contributed by atoms with Crippen molar-refractivity contribution in [2.75, 3.05) is 6.54 Å². The lowest BCUT2D eigenvalue weighted by atomic mass is 10.2. The molecule has 0 saturated heterocycles. The molecule has 0 aliphatic carbocycles. The number of fused-ring (bicyclic) bond motifs is 1. The molecule has 0 unspecified atom stereocenters. The molecule has 5 nitrogen and oxygen atoms in total. The smallest absolute Gasteiger partial charge is 0.262 e. The molecule has 17 heavy (non-hydrogen) atoms. The van der Waals surface area contributed by atoms with Crippen LogP contribution in [-0.4, -0.2) is 27.3 Å². The molecule has 92 valence electrons. The van der Waals surface area contributed by atoms with E-state index in [9.17, 15) is 9.90 Å². The molecule has 6 heteroatoms. The van der Waals surface area contributed by atoms with Crippen LogP contribution in [0.5, 0.6) is 0 Å². The molecule has 0 bridgehead atoms. The summed E-state index contributed by atoms with van der Waals surface area (Å²) in [4.78, 5) is 18.3. The van der Waals surface area contributed by atoms with Crippen molar-refractivity contribution in [3.63, 3.8) is 0 Å². The van der Waals surface area contributed by atoms with E-state index >= 15 is 0 Å². The van der Waals surface area contributed by atoms with Crippen LogP contribution in [0.25, 0.3) is 10.2 Å². The second-order valence-corrected chi connectivity index (χ2v) is 5.26. The van der Waals surface area contributed by atoms with Gasteiger partial charge in [0.1, 0.15) is 4.83 Å². The number of aromatic nitrogens is 2. The minimum Gasteiger partial charge on any atom is -0.390 e. The normalized spacial score (nSPS) is 13.2. The van der Waals surface area contributed by atoms with Crippen molar-refractivity contribution >= 4 is 21.6 Å². The Balaban J connectivity index is 2.57. The third kappa shape index (κ3) is 2.11. The Kier molecular flexibility index (Phi) is 3.28. The molecular formula is C11H15N3O2S. The second-order valence-electron chi connectivity index (χ2n) is 4.06. The van der Waals surface area contributed by atoms with E-state index in [-0.39, 0.29) is 18.6 Å². The number of aryl methyl sites for hydroxylation is 2. The van der Waals surface area contributed by atoms with Gasteiger partial charge in [-0.15, -0.1) is 11.3 Å². The fraction of sp³-hybridized carbons (Fsp3) is 0.455. The minimum absolute atomic E-state index is 0.107. The summed E-state index contributed by atoms with van der Waals surface area (Å²) in [5.74, 6) is 0. The zero-order chi connectivity index (χ0) is 12.6. The van der Waals surface area contributed by atoms with Crippen LogP contribution in [0.2, 0.25) is 0 Å². The predicted octanol–water partition coefficient (Wildman–Crippen LogP) is 0.394. The summed E-state index contributed by atoms with van der Waals surface area (Å²) in [5.41, 5.74) is 6.20. The van der Waals surface area contributed by atoms with E-state index in [1.165, 1.54) is 22.2 Å². The quantitative estimate of drug-likeness (QED) is 0.829. The van der Waals surface area contributed by atoms with Crippen LogP contribution in [-0.2, 0) is 6.54 Å². The molecule has 0 aliphatic rings. The van der Waals surface area contributed by atoms with Gasteiger partial charge in [-0.2, -0.15) is 0 Å². The van der Waals surface area contributed by atoms with Gasteiger partial charge in [-0.1, -0.05) is 0 Å². The highest BCUT2D eigenvalue weighted by Gasteiger charge is 2.13. The van der Waals surface area contributed by atoms with Crippen LogP contribution >= 0.6 is 11.3 Å². The second kappa shape index (κ2) is 4.56.